The Labute approximate surface area is 272 Å². The third-order valence-electron chi connectivity index (χ3n) is 7.24. The maximum atomic E-state index is 12.8. The number of phenolic OH excluding ortho intramolecular Hbond substituents is 1. The molecule has 0 atom stereocenters. The van der Waals surface area contributed by atoms with Crippen LogP contribution in [-0.2, 0) is 10.0 Å². The molecule has 5 rings (SSSR count). The van der Waals surface area contributed by atoms with E-state index in [4.69, 9.17) is 4.74 Å². The van der Waals surface area contributed by atoms with Crippen molar-refractivity contribution in [1.82, 2.24) is 4.31 Å². The van der Waals surface area contributed by atoms with Gasteiger partial charge in [0.2, 0.25) is 10.0 Å². The van der Waals surface area contributed by atoms with Gasteiger partial charge in [-0.15, -0.1) is 10.2 Å². The Morgan fingerprint density at radius 3 is 2.11 bits per heavy atom. The zero-order valence-electron chi connectivity index (χ0n) is 25.8. The molecule has 0 aliphatic heterocycles. The molecule has 0 bridgehead atoms. The number of aliphatic hydroxyl groups is 2. The van der Waals surface area contributed by atoms with E-state index in [1.165, 1.54) is 31.4 Å². The second-order valence-electron chi connectivity index (χ2n) is 10.4. The number of ether oxygens (including phenoxy) is 1. The van der Waals surface area contributed by atoms with E-state index in [0.29, 0.717) is 33.9 Å². The molecule has 0 amide bonds. The number of azo groups is 2. The lowest BCUT2D eigenvalue weighted by atomic mass is 10.1. The number of rotatable bonds is 13. The average Bonchev–Trinajstić information content (AvgIpc) is 3.08. The van der Waals surface area contributed by atoms with Crippen LogP contribution in [0.4, 0.5) is 34.1 Å². The van der Waals surface area contributed by atoms with Gasteiger partial charge in [-0.25, -0.2) is 8.42 Å². The van der Waals surface area contributed by atoms with Gasteiger partial charge < -0.3 is 25.4 Å². The topological polar surface area (TPSA) is 169 Å². The number of phenols is 1. The minimum Gasteiger partial charge on any atom is -0.505 e. The van der Waals surface area contributed by atoms with Crippen molar-refractivity contribution in [3.8, 4) is 11.5 Å². The molecule has 47 heavy (non-hydrogen) atoms. The monoisotopic (exact) mass is 654 g/mol. The van der Waals surface area contributed by atoms with Crippen LogP contribution in [0.5, 0.6) is 11.5 Å². The summed E-state index contributed by atoms with van der Waals surface area (Å²) in [6, 6.07) is 28.3. The standard InChI is InChI=1S/C34H34N6O6S/c1-23-20-32(39-37-30-15-8-24-21-27(11-14-29(24)34(30)43)35-25-6-4-3-5-7-25)33(46-2)22-31(23)38-36-26-9-12-28(13-10-26)47(44,45)40(16-18-41)17-19-42/h3-15,20-22,35,41-43H,16-19H2,1-2H3/b38-36+,39-37+. The van der Waals surface area contributed by atoms with Crippen LogP contribution in [0.3, 0.4) is 0 Å². The second kappa shape index (κ2) is 14.9. The van der Waals surface area contributed by atoms with Crippen molar-refractivity contribution in [3.05, 3.63) is 103 Å². The van der Waals surface area contributed by atoms with E-state index in [0.717, 1.165) is 26.6 Å². The van der Waals surface area contributed by atoms with E-state index >= 15 is 0 Å². The summed E-state index contributed by atoms with van der Waals surface area (Å²) in [5, 5.41) is 51.4. The fourth-order valence-electron chi connectivity index (χ4n) is 4.79. The summed E-state index contributed by atoms with van der Waals surface area (Å²) in [6.45, 7) is 0.843. The van der Waals surface area contributed by atoms with Gasteiger partial charge in [0, 0.05) is 35.9 Å². The lowest BCUT2D eigenvalue weighted by Gasteiger charge is -2.20. The molecule has 0 fully saturated rings. The van der Waals surface area contributed by atoms with Crippen molar-refractivity contribution in [1.29, 1.82) is 0 Å². The SMILES string of the molecule is COc1cc(/N=N/c2ccc(S(=O)(=O)N(CCO)CCO)cc2)c(C)cc1/N=N/c1ccc2cc(Nc3ccccc3)ccc2c1O. The number of benzene rings is 5. The fraction of sp³-hybridized carbons (Fsp3) is 0.176. The highest BCUT2D eigenvalue weighted by atomic mass is 32.2. The zero-order chi connectivity index (χ0) is 33.4. The Morgan fingerprint density at radius 1 is 0.745 bits per heavy atom. The predicted octanol–water partition coefficient (Wildman–Crippen LogP) is 7.41. The summed E-state index contributed by atoms with van der Waals surface area (Å²) < 4.78 is 32.2. The maximum absolute atomic E-state index is 12.8. The summed E-state index contributed by atoms with van der Waals surface area (Å²) in [6.07, 6.45) is 0. The van der Waals surface area contributed by atoms with Crippen LogP contribution in [0.1, 0.15) is 5.56 Å². The number of aromatic hydroxyl groups is 1. The number of anilines is 2. The van der Waals surface area contributed by atoms with Crippen molar-refractivity contribution in [2.75, 3.05) is 38.7 Å². The van der Waals surface area contributed by atoms with Gasteiger partial charge in [0.15, 0.2) is 5.75 Å². The first-order valence-corrected chi connectivity index (χ1v) is 16.1. The number of fused-ring (bicyclic) bond motifs is 1. The second-order valence-corrected chi connectivity index (χ2v) is 12.4. The molecular weight excluding hydrogens is 620 g/mol. The summed E-state index contributed by atoms with van der Waals surface area (Å²) in [5.74, 6) is 0.395. The molecule has 5 aromatic rings. The molecule has 0 heterocycles. The van der Waals surface area contributed by atoms with Crippen molar-refractivity contribution in [2.45, 2.75) is 11.8 Å². The van der Waals surface area contributed by atoms with Crippen LogP contribution < -0.4 is 10.1 Å². The molecule has 0 saturated heterocycles. The Kier molecular flexibility index (Phi) is 10.5. The van der Waals surface area contributed by atoms with E-state index in [9.17, 15) is 23.7 Å². The van der Waals surface area contributed by atoms with Gasteiger partial charge in [0.1, 0.15) is 17.1 Å². The van der Waals surface area contributed by atoms with Gasteiger partial charge in [-0.3, -0.25) is 0 Å². The normalized spacial score (nSPS) is 12.0. The number of aliphatic hydroxyl groups excluding tert-OH is 2. The molecule has 0 saturated carbocycles. The minimum atomic E-state index is -3.89. The van der Waals surface area contributed by atoms with Gasteiger partial charge in [-0.2, -0.15) is 14.5 Å². The van der Waals surface area contributed by atoms with Crippen molar-refractivity contribution >= 4 is 54.9 Å². The van der Waals surface area contributed by atoms with Crippen LogP contribution in [0.2, 0.25) is 0 Å². The number of aryl methyl sites for hydroxylation is 1. The lowest BCUT2D eigenvalue weighted by molar-refractivity contribution is 0.217. The highest BCUT2D eigenvalue weighted by molar-refractivity contribution is 7.89. The first kappa shape index (κ1) is 33.2. The van der Waals surface area contributed by atoms with Crippen molar-refractivity contribution in [2.24, 2.45) is 20.5 Å². The summed E-state index contributed by atoms with van der Waals surface area (Å²) in [4.78, 5) is 0.00758. The van der Waals surface area contributed by atoms with Crippen LogP contribution in [-0.4, -0.2) is 61.5 Å². The molecule has 0 radical (unpaired) electrons. The number of hydrogen-bond donors (Lipinski definition) is 4. The van der Waals surface area contributed by atoms with Gasteiger partial charge >= 0.3 is 0 Å². The fourth-order valence-corrected chi connectivity index (χ4v) is 6.21. The molecule has 242 valence electrons. The molecule has 4 N–H and O–H groups in total. The van der Waals surface area contributed by atoms with E-state index in [-0.39, 0.29) is 36.9 Å². The molecular formula is C34H34N6O6S. The Morgan fingerprint density at radius 2 is 1.43 bits per heavy atom. The van der Waals surface area contributed by atoms with Crippen LogP contribution in [0.15, 0.2) is 122 Å². The van der Waals surface area contributed by atoms with Crippen LogP contribution >= 0.6 is 0 Å². The maximum Gasteiger partial charge on any atom is 0.243 e. The largest absolute Gasteiger partial charge is 0.505 e. The highest BCUT2D eigenvalue weighted by Crippen LogP contribution is 2.40. The van der Waals surface area contributed by atoms with Crippen molar-refractivity contribution < 1.29 is 28.5 Å². The summed E-state index contributed by atoms with van der Waals surface area (Å²) in [7, 11) is -2.40. The first-order valence-electron chi connectivity index (χ1n) is 14.7. The molecule has 12 nitrogen and oxygen atoms in total. The van der Waals surface area contributed by atoms with E-state index in [1.807, 2.05) is 61.5 Å². The third-order valence-corrected chi connectivity index (χ3v) is 9.15. The van der Waals surface area contributed by atoms with E-state index in [1.54, 1.807) is 18.2 Å². The number of para-hydroxylation sites is 1. The summed E-state index contributed by atoms with van der Waals surface area (Å²) >= 11 is 0. The predicted molar refractivity (Wildman–Crippen MR) is 181 cm³/mol. The Hall–Kier alpha value is -5.21. The summed E-state index contributed by atoms with van der Waals surface area (Å²) in [5.41, 5.74) is 4.22. The molecule has 0 spiro atoms. The quantitative estimate of drug-likeness (QED) is 0.0958. The van der Waals surface area contributed by atoms with E-state index < -0.39 is 10.0 Å². The number of nitrogens with zero attached hydrogens (tertiary/aromatic N) is 5. The van der Waals surface area contributed by atoms with Gasteiger partial charge in [-0.05, 0) is 84.6 Å². The molecule has 0 aliphatic rings. The zero-order valence-corrected chi connectivity index (χ0v) is 26.6. The Bertz CT molecular complexity index is 2010. The number of nitrogens with one attached hydrogen (secondary N) is 1. The number of hydrogen-bond acceptors (Lipinski definition) is 11. The molecule has 0 unspecified atom stereocenters. The van der Waals surface area contributed by atoms with Gasteiger partial charge in [-0.1, -0.05) is 24.3 Å². The van der Waals surface area contributed by atoms with Crippen molar-refractivity contribution in [3.63, 3.8) is 0 Å². The minimum absolute atomic E-state index is 0.00643. The smallest absolute Gasteiger partial charge is 0.243 e. The molecule has 5 aromatic carbocycles. The third kappa shape index (κ3) is 7.79. The average molecular weight is 655 g/mol. The number of sulfonamides is 1. The Balaban J connectivity index is 1.32. The number of methoxy groups -OCH3 is 1. The van der Waals surface area contributed by atoms with Crippen LogP contribution in [0.25, 0.3) is 10.8 Å². The lowest BCUT2D eigenvalue weighted by Crippen LogP contribution is -2.35. The molecule has 0 aromatic heterocycles. The first-order chi connectivity index (χ1) is 22.7. The van der Waals surface area contributed by atoms with E-state index in [2.05, 4.69) is 25.8 Å². The van der Waals surface area contributed by atoms with Gasteiger partial charge in [0.25, 0.3) is 0 Å². The van der Waals surface area contributed by atoms with Crippen LogP contribution in [0, 0.1) is 6.92 Å². The van der Waals surface area contributed by atoms with Gasteiger partial charge in [0.05, 0.1) is 36.6 Å². The molecule has 13 heteroatoms. The highest BCUT2D eigenvalue weighted by Gasteiger charge is 2.23. The molecule has 0 aliphatic carbocycles.